The predicted molar refractivity (Wildman–Crippen MR) is 161 cm³/mol. The lowest BCUT2D eigenvalue weighted by molar-refractivity contribution is -0.122. The normalized spacial score (nSPS) is 14.8. The van der Waals surface area contributed by atoms with Gasteiger partial charge in [0.25, 0.3) is 15.9 Å². The smallest absolute Gasteiger partial charge is 0.267 e. The minimum absolute atomic E-state index is 0.0231. The average Bonchev–Trinajstić information content (AvgIpc) is 2.97. The molecule has 5 rings (SSSR count). The summed E-state index contributed by atoms with van der Waals surface area (Å²) in [6, 6.07) is 26.2. The van der Waals surface area contributed by atoms with Crippen molar-refractivity contribution in [2.45, 2.75) is 23.7 Å². The van der Waals surface area contributed by atoms with Gasteiger partial charge in [-0.1, -0.05) is 48.5 Å². The van der Waals surface area contributed by atoms with Gasteiger partial charge in [-0.15, -0.1) is 0 Å². The van der Waals surface area contributed by atoms with Gasteiger partial charge in [0.05, 0.1) is 35.7 Å². The number of amides is 1. The summed E-state index contributed by atoms with van der Waals surface area (Å²) in [5.41, 5.74) is 2.44. The van der Waals surface area contributed by atoms with E-state index in [1.54, 1.807) is 72.8 Å². The number of benzene rings is 4. The van der Waals surface area contributed by atoms with Gasteiger partial charge in [-0.25, -0.2) is 16.8 Å². The highest BCUT2D eigenvalue weighted by Gasteiger charge is 2.36. The Hall–Kier alpha value is -4.55. The zero-order chi connectivity index (χ0) is 29.9. The summed E-state index contributed by atoms with van der Waals surface area (Å²) in [6.07, 6.45) is -1.15. The van der Waals surface area contributed by atoms with Crippen LogP contribution in [0.2, 0.25) is 0 Å². The van der Waals surface area contributed by atoms with E-state index in [0.717, 1.165) is 5.56 Å². The third kappa shape index (κ3) is 6.34. The number of methoxy groups -OCH3 is 1. The summed E-state index contributed by atoms with van der Waals surface area (Å²) in [5.74, 6) is -0.182. The van der Waals surface area contributed by atoms with Gasteiger partial charge in [0.1, 0.15) is 11.5 Å². The average molecular weight is 608 g/mol. The van der Waals surface area contributed by atoms with Crippen molar-refractivity contribution in [1.29, 1.82) is 0 Å². The largest absolute Gasteiger partial charge is 0.495 e. The number of anilines is 3. The van der Waals surface area contributed by atoms with E-state index < -0.39 is 32.1 Å². The number of hydrogen-bond donors (Lipinski definition) is 2. The zero-order valence-electron chi connectivity index (χ0n) is 22.9. The van der Waals surface area contributed by atoms with E-state index >= 15 is 0 Å². The highest BCUT2D eigenvalue weighted by Crippen LogP contribution is 2.36. The SMILES string of the molecule is COc1ccc(C)cc1NS(=O)(=O)c1ccc(NC(=O)C2CN(S(=O)(=O)Cc3ccccc3)c3ccccc3O2)cc1. The summed E-state index contributed by atoms with van der Waals surface area (Å²) >= 11 is 0. The Balaban J connectivity index is 1.31. The van der Waals surface area contributed by atoms with Gasteiger partial charge in [0.15, 0.2) is 6.10 Å². The van der Waals surface area contributed by atoms with Crippen LogP contribution in [0.15, 0.2) is 102 Å². The molecule has 0 spiro atoms. The van der Waals surface area contributed by atoms with Gasteiger partial charge in [-0.2, -0.15) is 0 Å². The van der Waals surface area contributed by atoms with E-state index in [0.29, 0.717) is 28.4 Å². The van der Waals surface area contributed by atoms with Crippen LogP contribution in [0.4, 0.5) is 17.1 Å². The standard InChI is InChI=1S/C30H29N3O7S2/c1-21-12-17-27(39-2)25(18-21)32-42(37,38)24-15-13-23(14-16-24)31-30(34)29-19-33(26-10-6-7-11-28(26)40-29)41(35,36)20-22-8-4-3-5-9-22/h3-18,29,32H,19-20H2,1-2H3,(H,31,34). The van der Waals surface area contributed by atoms with Gasteiger partial charge in [0, 0.05) is 5.69 Å². The first kappa shape index (κ1) is 29.0. The number of nitrogens with zero attached hydrogens (tertiary/aromatic N) is 1. The van der Waals surface area contributed by atoms with Crippen LogP contribution in [0, 0.1) is 6.92 Å². The molecule has 1 atom stereocenters. The van der Waals surface area contributed by atoms with Gasteiger partial charge in [-0.05, 0) is 66.6 Å². The number of ether oxygens (including phenoxy) is 2. The molecule has 218 valence electrons. The molecule has 4 aromatic rings. The molecule has 12 heteroatoms. The highest BCUT2D eigenvalue weighted by atomic mass is 32.2. The summed E-state index contributed by atoms with van der Waals surface area (Å²) in [5, 5.41) is 2.70. The number of para-hydroxylation sites is 2. The number of rotatable bonds is 9. The number of carbonyl (C=O) groups excluding carboxylic acids is 1. The second-order valence-electron chi connectivity index (χ2n) is 9.67. The molecule has 4 aromatic carbocycles. The third-order valence-corrected chi connectivity index (χ3v) is 9.68. The van der Waals surface area contributed by atoms with Crippen LogP contribution in [0.1, 0.15) is 11.1 Å². The zero-order valence-corrected chi connectivity index (χ0v) is 24.5. The van der Waals surface area contributed by atoms with Crippen LogP contribution < -0.4 is 23.8 Å². The molecule has 0 radical (unpaired) electrons. The Morgan fingerprint density at radius 3 is 2.33 bits per heavy atom. The van der Waals surface area contributed by atoms with E-state index in [1.807, 2.05) is 6.92 Å². The van der Waals surface area contributed by atoms with Crippen LogP contribution in [0.3, 0.4) is 0 Å². The minimum atomic E-state index is -3.95. The van der Waals surface area contributed by atoms with Crippen LogP contribution >= 0.6 is 0 Å². The fourth-order valence-electron chi connectivity index (χ4n) is 4.51. The molecule has 1 amide bonds. The van der Waals surface area contributed by atoms with E-state index in [2.05, 4.69) is 10.0 Å². The Bertz CT molecular complexity index is 1810. The second-order valence-corrected chi connectivity index (χ2v) is 13.2. The van der Waals surface area contributed by atoms with Crippen molar-refractivity contribution in [2.75, 3.05) is 28.0 Å². The number of fused-ring (bicyclic) bond motifs is 1. The quantitative estimate of drug-likeness (QED) is 0.286. The summed E-state index contributed by atoms with van der Waals surface area (Å²) in [7, 11) is -6.36. The molecule has 1 aliphatic heterocycles. The molecule has 0 saturated carbocycles. The number of carbonyl (C=O) groups is 1. The Labute approximate surface area is 245 Å². The molecule has 1 aliphatic rings. The summed E-state index contributed by atoms with van der Waals surface area (Å²) < 4.78 is 67.7. The monoisotopic (exact) mass is 607 g/mol. The molecule has 10 nitrogen and oxygen atoms in total. The molecular weight excluding hydrogens is 578 g/mol. The first-order valence-corrected chi connectivity index (χ1v) is 16.0. The van der Waals surface area contributed by atoms with Crippen LogP contribution in [-0.4, -0.2) is 42.5 Å². The lowest BCUT2D eigenvalue weighted by Gasteiger charge is -2.34. The van der Waals surface area contributed by atoms with Crippen molar-refractivity contribution in [3.05, 3.63) is 108 Å². The topological polar surface area (TPSA) is 131 Å². The summed E-state index contributed by atoms with van der Waals surface area (Å²) in [6.45, 7) is 1.61. The molecule has 0 bridgehead atoms. The minimum Gasteiger partial charge on any atom is -0.495 e. The number of sulfonamides is 2. The van der Waals surface area contributed by atoms with Crippen molar-refractivity contribution in [3.63, 3.8) is 0 Å². The molecule has 42 heavy (non-hydrogen) atoms. The van der Waals surface area contributed by atoms with Crippen molar-refractivity contribution in [2.24, 2.45) is 0 Å². The first-order valence-electron chi connectivity index (χ1n) is 12.9. The molecule has 1 heterocycles. The maximum atomic E-state index is 13.4. The number of hydrogen-bond acceptors (Lipinski definition) is 7. The maximum Gasteiger partial charge on any atom is 0.267 e. The van der Waals surface area contributed by atoms with Gasteiger partial charge in [-0.3, -0.25) is 13.8 Å². The number of nitrogens with one attached hydrogen (secondary N) is 2. The third-order valence-electron chi connectivity index (χ3n) is 6.59. The first-order chi connectivity index (χ1) is 20.1. The summed E-state index contributed by atoms with van der Waals surface area (Å²) in [4.78, 5) is 13.2. The molecule has 0 fully saturated rings. The van der Waals surface area contributed by atoms with Crippen LogP contribution in [0.5, 0.6) is 11.5 Å². The van der Waals surface area contributed by atoms with E-state index in [4.69, 9.17) is 9.47 Å². The predicted octanol–water partition coefficient (Wildman–Crippen LogP) is 4.54. The molecule has 2 N–H and O–H groups in total. The van der Waals surface area contributed by atoms with Crippen molar-refractivity contribution in [1.82, 2.24) is 0 Å². The van der Waals surface area contributed by atoms with Crippen LogP contribution in [-0.2, 0) is 30.6 Å². The Kier molecular flexibility index (Phi) is 8.10. The number of aryl methyl sites for hydroxylation is 1. The van der Waals surface area contributed by atoms with Gasteiger partial charge in [0.2, 0.25) is 10.0 Å². The van der Waals surface area contributed by atoms with Crippen LogP contribution in [0.25, 0.3) is 0 Å². The van der Waals surface area contributed by atoms with E-state index in [-0.39, 0.29) is 22.9 Å². The molecular formula is C30H29N3O7S2. The molecule has 0 aliphatic carbocycles. The van der Waals surface area contributed by atoms with Crippen molar-refractivity contribution >= 4 is 43.0 Å². The fourth-order valence-corrected chi connectivity index (χ4v) is 7.15. The molecule has 1 unspecified atom stereocenters. The Morgan fingerprint density at radius 2 is 1.62 bits per heavy atom. The second kappa shape index (κ2) is 11.7. The lowest BCUT2D eigenvalue weighted by atomic mass is 10.2. The highest BCUT2D eigenvalue weighted by molar-refractivity contribution is 7.92. The fraction of sp³-hybridized carbons (Fsp3) is 0.167. The molecule has 0 aromatic heterocycles. The van der Waals surface area contributed by atoms with Gasteiger partial charge >= 0.3 is 0 Å². The van der Waals surface area contributed by atoms with Crippen molar-refractivity contribution < 1.29 is 31.1 Å². The van der Waals surface area contributed by atoms with E-state index in [9.17, 15) is 21.6 Å². The maximum absolute atomic E-state index is 13.4. The van der Waals surface area contributed by atoms with Crippen molar-refractivity contribution in [3.8, 4) is 11.5 Å². The van der Waals surface area contributed by atoms with E-state index in [1.165, 1.54) is 35.7 Å². The lowest BCUT2D eigenvalue weighted by Crippen LogP contribution is -2.49. The Morgan fingerprint density at radius 1 is 0.929 bits per heavy atom. The molecule has 0 saturated heterocycles. The van der Waals surface area contributed by atoms with Gasteiger partial charge < -0.3 is 14.8 Å².